The van der Waals surface area contributed by atoms with Crippen LogP contribution in [0.25, 0.3) is 0 Å². The number of carbonyl (C=O) groups is 4. The molecule has 3 heterocycles. The highest BCUT2D eigenvalue weighted by Gasteiger charge is 2.53. The first-order valence-corrected chi connectivity index (χ1v) is 9.92. The maximum Gasteiger partial charge on any atom is 0.258 e. The molecule has 4 amide bonds. The molecule has 2 aliphatic rings. The Balaban J connectivity index is 1.50. The average Bonchev–Trinajstić information content (AvgIpc) is 3.27. The van der Waals surface area contributed by atoms with Crippen LogP contribution >= 0.6 is 0 Å². The Morgan fingerprint density at radius 2 is 2.03 bits per heavy atom. The van der Waals surface area contributed by atoms with E-state index in [4.69, 9.17) is 4.52 Å². The van der Waals surface area contributed by atoms with Gasteiger partial charge in [0, 0.05) is 19.5 Å². The van der Waals surface area contributed by atoms with Gasteiger partial charge in [-0.1, -0.05) is 17.3 Å². The normalized spacial score (nSPS) is 19.8. The molecule has 1 aromatic heterocycles. The van der Waals surface area contributed by atoms with Crippen molar-refractivity contribution in [3.63, 3.8) is 0 Å². The number of para-hydroxylation sites is 1. The number of hydrogen-bond donors (Lipinski definition) is 1. The Bertz CT molecular complexity index is 1080. The zero-order valence-electron chi connectivity index (χ0n) is 17.5. The standard InChI is InChI=1S/C21H23N5O5/c1-13-10-16(23-31-13)22-17(27)11-24(3)19(29)12-25-20(30)14-6-4-5-7-15(14)26-18(28)8-9-21(25,26)2/h4-7,10H,8-9,11-12H2,1-3H3,(H,22,23,27). The van der Waals surface area contributed by atoms with Crippen molar-refractivity contribution in [3.8, 4) is 0 Å². The molecule has 10 nitrogen and oxygen atoms in total. The van der Waals surface area contributed by atoms with E-state index in [1.165, 1.54) is 16.8 Å². The van der Waals surface area contributed by atoms with Gasteiger partial charge < -0.3 is 19.6 Å². The number of fused-ring (bicyclic) bond motifs is 3. The molecular weight excluding hydrogens is 402 g/mol. The summed E-state index contributed by atoms with van der Waals surface area (Å²) in [5.41, 5.74) is 0.0149. The fourth-order valence-electron chi connectivity index (χ4n) is 4.11. The smallest absolute Gasteiger partial charge is 0.258 e. The molecule has 1 atom stereocenters. The fraction of sp³-hybridized carbons (Fsp3) is 0.381. The van der Waals surface area contributed by atoms with Crippen molar-refractivity contribution < 1.29 is 23.7 Å². The number of carbonyl (C=O) groups excluding carboxylic acids is 4. The number of aryl methyl sites for hydroxylation is 1. The fourth-order valence-corrected chi connectivity index (χ4v) is 4.11. The van der Waals surface area contributed by atoms with E-state index in [2.05, 4.69) is 10.5 Å². The van der Waals surface area contributed by atoms with Crippen molar-refractivity contribution in [3.05, 3.63) is 41.7 Å². The molecule has 4 rings (SSSR count). The largest absolute Gasteiger partial charge is 0.360 e. The number of hydrogen-bond acceptors (Lipinski definition) is 6. The molecule has 0 saturated carbocycles. The summed E-state index contributed by atoms with van der Waals surface area (Å²) >= 11 is 0. The van der Waals surface area contributed by atoms with Crippen LogP contribution in [0.4, 0.5) is 11.5 Å². The SMILES string of the molecule is Cc1cc(NC(=O)CN(C)C(=O)CN2C(=O)c3ccccc3N3C(=O)CCC23C)no1. The molecule has 1 unspecified atom stereocenters. The van der Waals surface area contributed by atoms with E-state index in [-0.39, 0.29) is 37.1 Å². The lowest BCUT2D eigenvalue weighted by molar-refractivity contribution is -0.135. The van der Waals surface area contributed by atoms with Crippen LogP contribution in [0.15, 0.2) is 34.9 Å². The van der Waals surface area contributed by atoms with Crippen LogP contribution < -0.4 is 10.2 Å². The monoisotopic (exact) mass is 425 g/mol. The zero-order valence-corrected chi connectivity index (χ0v) is 17.5. The molecule has 1 saturated heterocycles. The van der Waals surface area contributed by atoms with E-state index in [1.807, 2.05) is 0 Å². The van der Waals surface area contributed by atoms with Crippen molar-refractivity contribution in [2.24, 2.45) is 0 Å². The van der Waals surface area contributed by atoms with E-state index < -0.39 is 17.5 Å². The molecule has 1 fully saturated rings. The zero-order chi connectivity index (χ0) is 22.3. The minimum atomic E-state index is -0.931. The molecule has 31 heavy (non-hydrogen) atoms. The molecule has 2 aliphatic heterocycles. The maximum atomic E-state index is 13.2. The van der Waals surface area contributed by atoms with Crippen LogP contribution in [0.2, 0.25) is 0 Å². The second-order valence-corrected chi connectivity index (χ2v) is 7.98. The van der Waals surface area contributed by atoms with Gasteiger partial charge in [-0.05, 0) is 32.4 Å². The van der Waals surface area contributed by atoms with Crippen LogP contribution in [-0.4, -0.2) is 64.4 Å². The third-order valence-corrected chi connectivity index (χ3v) is 5.74. The Morgan fingerprint density at radius 1 is 1.29 bits per heavy atom. The van der Waals surface area contributed by atoms with Gasteiger partial charge in [0.15, 0.2) is 5.82 Å². The van der Waals surface area contributed by atoms with Crippen LogP contribution in [0, 0.1) is 6.92 Å². The molecule has 0 bridgehead atoms. The molecule has 2 aromatic rings. The van der Waals surface area contributed by atoms with E-state index >= 15 is 0 Å². The molecule has 162 valence electrons. The molecule has 1 N–H and O–H groups in total. The van der Waals surface area contributed by atoms with Gasteiger partial charge >= 0.3 is 0 Å². The predicted octanol–water partition coefficient (Wildman–Crippen LogP) is 1.38. The summed E-state index contributed by atoms with van der Waals surface area (Å²) in [5, 5.41) is 6.24. The molecular formula is C21H23N5O5. The summed E-state index contributed by atoms with van der Waals surface area (Å²) in [6, 6.07) is 8.47. The van der Waals surface area contributed by atoms with Gasteiger partial charge in [-0.15, -0.1) is 0 Å². The van der Waals surface area contributed by atoms with Crippen molar-refractivity contribution in [2.75, 3.05) is 30.4 Å². The summed E-state index contributed by atoms with van der Waals surface area (Å²) < 4.78 is 4.90. The quantitative estimate of drug-likeness (QED) is 0.774. The molecule has 10 heteroatoms. The first-order chi connectivity index (χ1) is 14.7. The van der Waals surface area contributed by atoms with E-state index in [0.29, 0.717) is 23.4 Å². The molecule has 1 aromatic carbocycles. The number of amides is 4. The van der Waals surface area contributed by atoms with Crippen LogP contribution in [-0.2, 0) is 14.4 Å². The van der Waals surface area contributed by atoms with Crippen LogP contribution in [0.3, 0.4) is 0 Å². The van der Waals surface area contributed by atoms with E-state index in [9.17, 15) is 19.2 Å². The number of aromatic nitrogens is 1. The number of rotatable bonds is 5. The van der Waals surface area contributed by atoms with E-state index in [1.54, 1.807) is 49.1 Å². The van der Waals surface area contributed by atoms with Gasteiger partial charge in [-0.25, -0.2) is 0 Å². The van der Waals surface area contributed by atoms with Crippen molar-refractivity contribution in [1.29, 1.82) is 0 Å². The first-order valence-electron chi connectivity index (χ1n) is 9.92. The van der Waals surface area contributed by atoms with Crippen molar-refractivity contribution in [2.45, 2.75) is 32.4 Å². The summed E-state index contributed by atoms with van der Waals surface area (Å²) in [6.45, 7) is 3.02. The average molecular weight is 425 g/mol. The van der Waals surface area contributed by atoms with Crippen LogP contribution in [0.5, 0.6) is 0 Å². The minimum absolute atomic E-state index is 0.0875. The van der Waals surface area contributed by atoms with Gasteiger partial charge in [-0.2, -0.15) is 0 Å². The lowest BCUT2D eigenvalue weighted by Crippen LogP contribution is -2.64. The summed E-state index contributed by atoms with van der Waals surface area (Å²) in [4.78, 5) is 55.2. The Morgan fingerprint density at radius 3 is 2.74 bits per heavy atom. The third-order valence-electron chi connectivity index (χ3n) is 5.74. The highest BCUT2D eigenvalue weighted by Crippen LogP contribution is 2.43. The van der Waals surface area contributed by atoms with Gasteiger partial charge in [0.1, 0.15) is 18.0 Å². The van der Waals surface area contributed by atoms with Crippen LogP contribution in [0.1, 0.15) is 35.9 Å². The molecule has 0 aliphatic carbocycles. The number of likely N-dealkylation sites (N-methyl/N-ethyl adjacent to an activating group) is 1. The third kappa shape index (κ3) is 3.54. The van der Waals surface area contributed by atoms with Crippen molar-refractivity contribution >= 4 is 35.1 Å². The highest BCUT2D eigenvalue weighted by molar-refractivity contribution is 6.11. The lowest BCUT2D eigenvalue weighted by atomic mass is 9.98. The van der Waals surface area contributed by atoms with Gasteiger partial charge in [0.25, 0.3) is 5.91 Å². The summed E-state index contributed by atoms with van der Waals surface area (Å²) in [6.07, 6.45) is 0.715. The van der Waals surface area contributed by atoms with Gasteiger partial charge in [0.05, 0.1) is 17.8 Å². The Labute approximate surface area is 178 Å². The lowest BCUT2D eigenvalue weighted by Gasteiger charge is -2.48. The summed E-state index contributed by atoms with van der Waals surface area (Å²) in [7, 11) is 1.48. The topological polar surface area (TPSA) is 116 Å². The van der Waals surface area contributed by atoms with Gasteiger partial charge in [-0.3, -0.25) is 24.1 Å². The Hall–Kier alpha value is -3.69. The second kappa shape index (κ2) is 7.53. The highest BCUT2D eigenvalue weighted by atomic mass is 16.5. The molecule has 0 radical (unpaired) electrons. The minimum Gasteiger partial charge on any atom is -0.360 e. The van der Waals surface area contributed by atoms with Gasteiger partial charge in [0.2, 0.25) is 17.7 Å². The number of benzene rings is 1. The number of nitrogens with one attached hydrogen (secondary N) is 1. The molecule has 0 spiro atoms. The van der Waals surface area contributed by atoms with E-state index in [0.717, 1.165) is 0 Å². The maximum absolute atomic E-state index is 13.2. The predicted molar refractivity (Wildman–Crippen MR) is 110 cm³/mol. The van der Waals surface area contributed by atoms with Crippen molar-refractivity contribution in [1.82, 2.24) is 15.0 Å². The summed E-state index contributed by atoms with van der Waals surface area (Å²) in [5.74, 6) is -0.446. The second-order valence-electron chi connectivity index (χ2n) is 7.98. The Kier molecular flexibility index (Phi) is 5.00. The number of nitrogens with zero attached hydrogens (tertiary/aromatic N) is 4. The number of anilines is 2. The first kappa shape index (κ1) is 20.6.